The van der Waals surface area contributed by atoms with E-state index in [-0.39, 0.29) is 0 Å². The van der Waals surface area contributed by atoms with Gasteiger partial charge in [-0.1, -0.05) is 6.92 Å². The van der Waals surface area contributed by atoms with Gasteiger partial charge in [-0.2, -0.15) is 0 Å². The predicted molar refractivity (Wildman–Crippen MR) is 68.8 cm³/mol. The minimum absolute atomic E-state index is 0.612. The van der Waals surface area contributed by atoms with Gasteiger partial charge in [-0.25, -0.2) is 0 Å². The van der Waals surface area contributed by atoms with Gasteiger partial charge in [-0.05, 0) is 44.8 Å². The molecule has 0 aliphatic carbocycles. The first-order valence-corrected chi connectivity index (χ1v) is 6.86. The second kappa shape index (κ2) is 5.48. The summed E-state index contributed by atoms with van der Waals surface area (Å²) in [5, 5.41) is 3.49. The first-order chi connectivity index (χ1) is 7.74. The highest BCUT2D eigenvalue weighted by Crippen LogP contribution is 2.33. The molecule has 0 radical (unpaired) electrons. The zero-order valence-corrected chi connectivity index (χ0v) is 11.0. The molecule has 2 aliphatic heterocycles. The van der Waals surface area contributed by atoms with Gasteiger partial charge in [0.05, 0.1) is 0 Å². The summed E-state index contributed by atoms with van der Waals surface area (Å²) in [6.45, 7) is 11.2. The Kier molecular flexibility index (Phi) is 4.22. The van der Waals surface area contributed by atoms with Crippen LogP contribution in [-0.4, -0.2) is 62.7 Å². The molecule has 1 N–H and O–H groups in total. The molecule has 2 heterocycles. The van der Waals surface area contributed by atoms with E-state index in [4.69, 9.17) is 0 Å². The van der Waals surface area contributed by atoms with Gasteiger partial charge in [0.2, 0.25) is 0 Å². The van der Waals surface area contributed by atoms with Crippen LogP contribution in [0.2, 0.25) is 0 Å². The molecule has 2 saturated heterocycles. The van der Waals surface area contributed by atoms with E-state index in [1.807, 2.05) is 0 Å². The second-order valence-electron chi connectivity index (χ2n) is 5.68. The number of nitrogens with zero attached hydrogens (tertiary/aromatic N) is 2. The van der Waals surface area contributed by atoms with E-state index in [0.717, 1.165) is 0 Å². The fraction of sp³-hybridized carbons (Fsp3) is 1.00. The maximum absolute atomic E-state index is 3.49. The van der Waals surface area contributed by atoms with Crippen molar-refractivity contribution in [3.05, 3.63) is 0 Å². The summed E-state index contributed by atoms with van der Waals surface area (Å²) in [7, 11) is 2.23. The monoisotopic (exact) mass is 225 g/mol. The van der Waals surface area contributed by atoms with E-state index in [1.54, 1.807) is 0 Å². The lowest BCUT2D eigenvalue weighted by Crippen LogP contribution is -2.50. The van der Waals surface area contributed by atoms with Gasteiger partial charge >= 0.3 is 0 Å². The Morgan fingerprint density at radius 1 is 1.06 bits per heavy atom. The predicted octanol–water partition coefficient (Wildman–Crippen LogP) is 1.01. The van der Waals surface area contributed by atoms with Crippen LogP contribution >= 0.6 is 0 Å². The third kappa shape index (κ3) is 2.96. The fourth-order valence-electron chi connectivity index (χ4n) is 3.06. The molecule has 2 rings (SSSR count). The molecule has 0 unspecified atom stereocenters. The molecule has 0 aromatic rings. The molecular weight excluding hydrogens is 198 g/mol. The molecule has 0 spiro atoms. The lowest BCUT2D eigenvalue weighted by molar-refractivity contribution is 0.0718. The van der Waals surface area contributed by atoms with Crippen LogP contribution in [-0.2, 0) is 0 Å². The summed E-state index contributed by atoms with van der Waals surface area (Å²) >= 11 is 0. The zero-order chi connectivity index (χ0) is 11.4. The second-order valence-corrected chi connectivity index (χ2v) is 5.68. The molecule has 94 valence electrons. The Hall–Kier alpha value is -0.120. The molecule has 2 fully saturated rings. The lowest BCUT2D eigenvalue weighted by Gasteiger charge is -2.43. The third-order valence-electron chi connectivity index (χ3n) is 4.57. The van der Waals surface area contributed by atoms with Gasteiger partial charge in [0.25, 0.3) is 0 Å². The van der Waals surface area contributed by atoms with Crippen molar-refractivity contribution in [1.82, 2.24) is 15.1 Å². The summed E-state index contributed by atoms with van der Waals surface area (Å²) in [6, 6.07) is 0. The average molecular weight is 225 g/mol. The molecule has 0 saturated carbocycles. The number of hydrogen-bond acceptors (Lipinski definition) is 3. The number of piperidine rings is 1. The number of likely N-dealkylation sites (N-methyl/N-ethyl adjacent to an activating group) is 1. The normalized spacial score (nSPS) is 28.1. The van der Waals surface area contributed by atoms with Crippen LogP contribution in [0, 0.1) is 5.41 Å². The summed E-state index contributed by atoms with van der Waals surface area (Å²) in [5.41, 5.74) is 0.612. The first kappa shape index (κ1) is 12.3. The summed E-state index contributed by atoms with van der Waals surface area (Å²) in [4.78, 5) is 5.13. The van der Waals surface area contributed by atoms with Gasteiger partial charge in [0.15, 0.2) is 0 Å². The Morgan fingerprint density at radius 3 is 2.25 bits per heavy atom. The average Bonchev–Trinajstić information content (AvgIpc) is 2.33. The molecule has 0 bridgehead atoms. The largest absolute Gasteiger partial charge is 0.317 e. The minimum Gasteiger partial charge on any atom is -0.317 e. The van der Waals surface area contributed by atoms with Crippen LogP contribution in [0.15, 0.2) is 0 Å². The lowest BCUT2D eigenvalue weighted by atomic mass is 9.76. The molecule has 2 aliphatic rings. The molecule has 0 aromatic carbocycles. The van der Waals surface area contributed by atoms with Crippen molar-refractivity contribution >= 4 is 0 Å². The standard InChI is InChI=1S/C13H27N3/c1-3-13(4-6-14-7-5-13)12-16-10-8-15(2)9-11-16/h14H,3-12H2,1-2H3. The van der Waals surface area contributed by atoms with Gasteiger partial charge in [0, 0.05) is 32.7 Å². The Morgan fingerprint density at radius 2 is 1.69 bits per heavy atom. The van der Waals surface area contributed by atoms with Crippen molar-refractivity contribution in [2.24, 2.45) is 5.41 Å². The summed E-state index contributed by atoms with van der Waals surface area (Å²) < 4.78 is 0. The van der Waals surface area contributed by atoms with Crippen molar-refractivity contribution in [3.8, 4) is 0 Å². The van der Waals surface area contributed by atoms with Crippen molar-refractivity contribution in [2.75, 3.05) is 52.9 Å². The SMILES string of the molecule is CCC1(CN2CCN(C)CC2)CCNCC1. The van der Waals surface area contributed by atoms with E-state index in [2.05, 4.69) is 29.1 Å². The van der Waals surface area contributed by atoms with E-state index in [0.29, 0.717) is 5.41 Å². The van der Waals surface area contributed by atoms with Crippen molar-refractivity contribution in [1.29, 1.82) is 0 Å². The molecule has 3 nitrogen and oxygen atoms in total. The highest BCUT2D eigenvalue weighted by Gasteiger charge is 2.32. The van der Waals surface area contributed by atoms with Crippen LogP contribution in [0.5, 0.6) is 0 Å². The Bertz CT molecular complexity index is 203. The van der Waals surface area contributed by atoms with E-state index in [9.17, 15) is 0 Å². The van der Waals surface area contributed by atoms with Crippen molar-refractivity contribution in [2.45, 2.75) is 26.2 Å². The van der Waals surface area contributed by atoms with E-state index in [1.165, 1.54) is 65.1 Å². The van der Waals surface area contributed by atoms with Crippen molar-refractivity contribution < 1.29 is 0 Å². The minimum atomic E-state index is 0.612. The number of rotatable bonds is 3. The molecule has 0 amide bonds. The molecule has 3 heteroatoms. The Labute approximate surface area is 100 Å². The molecule has 0 aromatic heterocycles. The topological polar surface area (TPSA) is 18.5 Å². The molecular formula is C13H27N3. The quantitative estimate of drug-likeness (QED) is 0.773. The van der Waals surface area contributed by atoms with E-state index < -0.39 is 0 Å². The smallest absolute Gasteiger partial charge is 0.0110 e. The van der Waals surface area contributed by atoms with Crippen LogP contribution in [0.4, 0.5) is 0 Å². The number of piperazine rings is 1. The van der Waals surface area contributed by atoms with E-state index >= 15 is 0 Å². The molecule has 0 atom stereocenters. The first-order valence-electron chi connectivity index (χ1n) is 6.86. The van der Waals surface area contributed by atoms with Crippen LogP contribution in [0.3, 0.4) is 0 Å². The Balaban J connectivity index is 1.86. The fourth-order valence-corrected chi connectivity index (χ4v) is 3.06. The summed E-state index contributed by atoms with van der Waals surface area (Å²) in [6.07, 6.45) is 4.09. The van der Waals surface area contributed by atoms with Gasteiger partial charge in [0.1, 0.15) is 0 Å². The molecule has 16 heavy (non-hydrogen) atoms. The van der Waals surface area contributed by atoms with Crippen molar-refractivity contribution in [3.63, 3.8) is 0 Å². The maximum atomic E-state index is 3.49. The zero-order valence-electron chi connectivity index (χ0n) is 11.0. The summed E-state index contributed by atoms with van der Waals surface area (Å²) in [5.74, 6) is 0. The number of hydrogen-bond donors (Lipinski definition) is 1. The third-order valence-corrected chi connectivity index (χ3v) is 4.57. The van der Waals surface area contributed by atoms with Crippen LogP contribution in [0.25, 0.3) is 0 Å². The maximum Gasteiger partial charge on any atom is 0.0110 e. The van der Waals surface area contributed by atoms with Gasteiger partial charge < -0.3 is 15.1 Å². The van der Waals surface area contributed by atoms with Crippen LogP contribution < -0.4 is 5.32 Å². The highest BCUT2D eigenvalue weighted by atomic mass is 15.2. The van der Waals surface area contributed by atoms with Gasteiger partial charge in [-0.3, -0.25) is 0 Å². The van der Waals surface area contributed by atoms with Crippen LogP contribution in [0.1, 0.15) is 26.2 Å². The highest BCUT2D eigenvalue weighted by molar-refractivity contribution is 4.87. The number of nitrogens with one attached hydrogen (secondary N) is 1. The van der Waals surface area contributed by atoms with Gasteiger partial charge in [-0.15, -0.1) is 0 Å².